The van der Waals surface area contributed by atoms with Gasteiger partial charge in [-0.3, -0.25) is 0 Å². The van der Waals surface area contributed by atoms with E-state index in [4.69, 9.17) is 4.42 Å². The van der Waals surface area contributed by atoms with Crippen LogP contribution in [0.25, 0.3) is 88.1 Å². The summed E-state index contributed by atoms with van der Waals surface area (Å²) in [7, 11) is 0. The quantitative estimate of drug-likeness (QED) is 0.196. The molecule has 10 rings (SSSR count). The Morgan fingerprint density at radius 2 is 1.00 bits per heavy atom. The number of para-hydroxylation sites is 3. The lowest BCUT2D eigenvalue weighted by Crippen LogP contribution is -1.94. The van der Waals surface area contributed by atoms with Crippen molar-refractivity contribution >= 4 is 65.6 Å². The molecule has 226 valence electrons. The molecule has 0 aliphatic heterocycles. The number of rotatable bonds is 3. The third-order valence-corrected chi connectivity index (χ3v) is 9.80. The second-order valence-corrected chi connectivity index (χ2v) is 12.3. The Bertz CT molecular complexity index is 3050. The van der Waals surface area contributed by atoms with E-state index >= 15 is 0 Å². The highest BCUT2D eigenvalue weighted by Crippen LogP contribution is 2.44. The Labute approximate surface area is 280 Å². The molecule has 10 aromatic rings. The average molecular weight is 625 g/mol. The number of furan rings is 1. The summed E-state index contributed by atoms with van der Waals surface area (Å²) in [5, 5.41) is 25.7. The minimum absolute atomic E-state index is 0.474. The first-order valence-corrected chi connectivity index (χ1v) is 16.1. The summed E-state index contributed by atoms with van der Waals surface area (Å²) in [6.45, 7) is 0. The van der Waals surface area contributed by atoms with Gasteiger partial charge < -0.3 is 13.6 Å². The zero-order valence-electron chi connectivity index (χ0n) is 26.1. The molecule has 0 spiro atoms. The number of hydrogen-bond donors (Lipinski definition) is 0. The minimum Gasteiger partial charge on any atom is -0.455 e. The predicted octanol–water partition coefficient (Wildman–Crippen LogP) is 11.2. The van der Waals surface area contributed by atoms with Crippen molar-refractivity contribution in [3.05, 3.63) is 157 Å². The second kappa shape index (κ2) is 10.2. The third-order valence-electron chi connectivity index (χ3n) is 9.80. The molecular formula is C44H24N4O. The van der Waals surface area contributed by atoms with Gasteiger partial charge in [0, 0.05) is 32.9 Å². The first kappa shape index (κ1) is 27.1. The number of fused-ring (bicyclic) bond motifs is 11. The summed E-state index contributed by atoms with van der Waals surface area (Å²) in [4.78, 5) is 0. The summed E-state index contributed by atoms with van der Waals surface area (Å²) in [6, 6.07) is 54.2. The van der Waals surface area contributed by atoms with Crippen molar-refractivity contribution in [1.82, 2.24) is 9.13 Å². The van der Waals surface area contributed by atoms with E-state index in [0.717, 1.165) is 88.1 Å². The Kier molecular flexibility index (Phi) is 5.64. The molecule has 0 aliphatic rings. The fourth-order valence-corrected chi connectivity index (χ4v) is 7.68. The molecule has 0 unspecified atom stereocenters. The maximum Gasteiger partial charge on any atom is 0.145 e. The van der Waals surface area contributed by atoms with Crippen LogP contribution in [0.4, 0.5) is 0 Å². The molecule has 7 aromatic carbocycles. The van der Waals surface area contributed by atoms with Gasteiger partial charge in [-0.15, -0.1) is 0 Å². The van der Waals surface area contributed by atoms with Gasteiger partial charge in [-0.2, -0.15) is 10.5 Å². The molecule has 0 aliphatic carbocycles. The summed E-state index contributed by atoms with van der Waals surface area (Å²) in [5.41, 5.74) is 11.0. The van der Waals surface area contributed by atoms with Crippen molar-refractivity contribution in [2.45, 2.75) is 0 Å². The van der Waals surface area contributed by atoms with Crippen LogP contribution >= 0.6 is 0 Å². The van der Waals surface area contributed by atoms with Crippen LogP contribution in [0.5, 0.6) is 0 Å². The Hall–Kier alpha value is -7.08. The summed E-state index contributed by atoms with van der Waals surface area (Å²) in [5.74, 6) is 0. The van der Waals surface area contributed by atoms with Crippen LogP contribution in [0, 0.1) is 22.7 Å². The zero-order chi connectivity index (χ0) is 32.6. The topological polar surface area (TPSA) is 70.6 Å². The van der Waals surface area contributed by atoms with E-state index in [1.54, 1.807) is 12.1 Å². The van der Waals surface area contributed by atoms with Crippen molar-refractivity contribution in [2.75, 3.05) is 0 Å². The molecule has 0 fully saturated rings. The van der Waals surface area contributed by atoms with Gasteiger partial charge in [0.15, 0.2) is 0 Å². The third kappa shape index (κ3) is 3.79. The predicted molar refractivity (Wildman–Crippen MR) is 197 cm³/mol. The monoisotopic (exact) mass is 624 g/mol. The number of benzene rings is 7. The normalized spacial score (nSPS) is 11.6. The van der Waals surface area contributed by atoms with Crippen LogP contribution in [0.3, 0.4) is 0 Å². The minimum atomic E-state index is 0.474. The Morgan fingerprint density at radius 3 is 1.57 bits per heavy atom. The maximum atomic E-state index is 9.77. The lowest BCUT2D eigenvalue weighted by molar-refractivity contribution is 0.677. The van der Waals surface area contributed by atoms with Crippen molar-refractivity contribution in [3.63, 3.8) is 0 Å². The smallest absolute Gasteiger partial charge is 0.145 e. The molecule has 0 saturated heterocycles. The number of nitriles is 2. The molecule has 3 aromatic heterocycles. The summed E-state index contributed by atoms with van der Waals surface area (Å²) in [6.07, 6.45) is 0. The number of hydrogen-bond acceptors (Lipinski definition) is 3. The molecule has 49 heavy (non-hydrogen) atoms. The van der Waals surface area contributed by atoms with Crippen LogP contribution in [0.2, 0.25) is 0 Å². The first-order chi connectivity index (χ1) is 24.2. The maximum absolute atomic E-state index is 9.77. The van der Waals surface area contributed by atoms with Crippen molar-refractivity contribution in [3.8, 4) is 34.6 Å². The molecule has 0 amide bonds. The van der Waals surface area contributed by atoms with Gasteiger partial charge in [0.05, 0.1) is 56.1 Å². The fraction of sp³-hybridized carbons (Fsp3) is 0. The van der Waals surface area contributed by atoms with Gasteiger partial charge in [-0.05, 0) is 83.9 Å². The SMILES string of the molecule is N#Cc1ccc(-c2ccc(-n3c4ccccc4c4c5oc6c(ccc7c6c6ccccc6n7-c6ccccc6)c5ccc43)cc2)c(C#N)c1. The number of aromatic nitrogens is 2. The van der Waals surface area contributed by atoms with E-state index in [1.165, 1.54) is 0 Å². The molecule has 3 heterocycles. The molecule has 0 atom stereocenters. The van der Waals surface area contributed by atoms with E-state index in [1.807, 2.05) is 24.3 Å². The molecular weight excluding hydrogens is 601 g/mol. The van der Waals surface area contributed by atoms with Crippen molar-refractivity contribution in [1.29, 1.82) is 10.5 Å². The molecule has 0 radical (unpaired) electrons. The molecule has 0 saturated carbocycles. The molecule has 5 heteroatoms. The lowest BCUT2D eigenvalue weighted by Gasteiger charge is -2.10. The van der Waals surface area contributed by atoms with Crippen molar-refractivity contribution in [2.24, 2.45) is 0 Å². The fourth-order valence-electron chi connectivity index (χ4n) is 7.68. The largest absolute Gasteiger partial charge is 0.455 e. The van der Waals surface area contributed by atoms with E-state index in [9.17, 15) is 10.5 Å². The molecule has 0 N–H and O–H groups in total. The van der Waals surface area contributed by atoms with E-state index < -0.39 is 0 Å². The van der Waals surface area contributed by atoms with E-state index in [-0.39, 0.29) is 0 Å². The Morgan fingerprint density at radius 1 is 0.449 bits per heavy atom. The lowest BCUT2D eigenvalue weighted by atomic mass is 9.98. The van der Waals surface area contributed by atoms with Gasteiger partial charge in [0.25, 0.3) is 0 Å². The first-order valence-electron chi connectivity index (χ1n) is 16.1. The number of nitrogens with zero attached hydrogens (tertiary/aromatic N) is 4. The van der Waals surface area contributed by atoms with E-state index in [2.05, 4.69) is 130 Å². The highest BCUT2D eigenvalue weighted by molar-refractivity contribution is 6.29. The standard InChI is InChI=1S/C44H24N4O/c45-25-27-14-19-32(29(24-27)26-46)28-15-17-31(18-16-28)48-38-13-7-5-11-36(38)42-40(48)23-21-34-33-20-22-39-41(43(33)49-44(34)42)35-10-4-6-12-37(35)47(39)30-8-2-1-3-9-30/h1-24H. The second-order valence-electron chi connectivity index (χ2n) is 12.3. The zero-order valence-corrected chi connectivity index (χ0v) is 26.1. The van der Waals surface area contributed by atoms with Gasteiger partial charge in [0.2, 0.25) is 0 Å². The van der Waals surface area contributed by atoms with Gasteiger partial charge in [-0.1, -0.05) is 72.8 Å². The summed E-state index contributed by atoms with van der Waals surface area (Å²) < 4.78 is 11.6. The average Bonchev–Trinajstić information content (AvgIpc) is 3.82. The van der Waals surface area contributed by atoms with Crippen LogP contribution in [-0.4, -0.2) is 9.13 Å². The molecule has 0 bridgehead atoms. The molecule has 5 nitrogen and oxygen atoms in total. The van der Waals surface area contributed by atoms with Gasteiger partial charge in [0.1, 0.15) is 11.2 Å². The summed E-state index contributed by atoms with van der Waals surface area (Å²) >= 11 is 0. The Balaban J connectivity index is 1.22. The van der Waals surface area contributed by atoms with Gasteiger partial charge in [-0.25, -0.2) is 0 Å². The van der Waals surface area contributed by atoms with Crippen molar-refractivity contribution < 1.29 is 4.42 Å². The van der Waals surface area contributed by atoms with Gasteiger partial charge >= 0.3 is 0 Å². The van der Waals surface area contributed by atoms with Crippen LogP contribution < -0.4 is 0 Å². The highest BCUT2D eigenvalue weighted by atomic mass is 16.3. The van der Waals surface area contributed by atoms with Crippen LogP contribution in [0.15, 0.2) is 150 Å². The van der Waals surface area contributed by atoms with Crippen LogP contribution in [0.1, 0.15) is 11.1 Å². The van der Waals surface area contributed by atoms with Crippen LogP contribution in [-0.2, 0) is 0 Å². The van der Waals surface area contributed by atoms with E-state index in [0.29, 0.717) is 11.1 Å². The highest BCUT2D eigenvalue weighted by Gasteiger charge is 2.22.